The monoisotopic (exact) mass is 323 g/mol. The van der Waals surface area contributed by atoms with Gasteiger partial charge in [-0.1, -0.05) is 0 Å². The van der Waals surface area contributed by atoms with Gasteiger partial charge in [-0.3, -0.25) is 0 Å². The highest BCUT2D eigenvalue weighted by Crippen LogP contribution is 2.36. The fourth-order valence-corrected chi connectivity index (χ4v) is 4.38. The minimum absolute atomic E-state index is 0.109. The second kappa shape index (κ2) is 6.98. The predicted molar refractivity (Wildman–Crippen MR) is 91.5 cm³/mol. The Bertz CT molecular complexity index is 401. The fourth-order valence-electron chi connectivity index (χ4n) is 4.38. The van der Waals surface area contributed by atoms with Crippen LogP contribution in [0.5, 0.6) is 0 Å². The molecule has 3 fully saturated rings. The number of nitrogens with zero attached hydrogens (tertiary/aromatic N) is 1. The summed E-state index contributed by atoms with van der Waals surface area (Å²) < 4.78 is 5.61. The number of hydrogen-bond donors (Lipinski definition) is 2. The van der Waals surface area contributed by atoms with E-state index in [0.717, 1.165) is 51.2 Å². The van der Waals surface area contributed by atoms with Crippen molar-refractivity contribution in [1.82, 2.24) is 15.5 Å². The van der Waals surface area contributed by atoms with Gasteiger partial charge in [0.2, 0.25) is 0 Å². The van der Waals surface area contributed by atoms with Gasteiger partial charge in [-0.15, -0.1) is 0 Å². The van der Waals surface area contributed by atoms with E-state index in [1.807, 2.05) is 25.7 Å². The fraction of sp³-hybridized carbons (Fsp3) is 0.944. The molecule has 132 valence electrons. The van der Waals surface area contributed by atoms with Crippen molar-refractivity contribution < 1.29 is 9.53 Å². The molecule has 5 nitrogen and oxygen atoms in total. The third-order valence-electron chi connectivity index (χ3n) is 5.49. The lowest BCUT2D eigenvalue weighted by atomic mass is 9.94. The van der Waals surface area contributed by atoms with E-state index in [1.54, 1.807) is 0 Å². The molecule has 3 aliphatic rings. The van der Waals surface area contributed by atoms with E-state index in [1.165, 1.54) is 12.8 Å². The number of amides is 1. The van der Waals surface area contributed by atoms with Crippen LogP contribution in [0.25, 0.3) is 0 Å². The Kier molecular flexibility index (Phi) is 5.16. The Morgan fingerprint density at radius 2 is 1.74 bits per heavy atom. The summed E-state index contributed by atoms with van der Waals surface area (Å²) in [7, 11) is 0. The van der Waals surface area contributed by atoms with Crippen LogP contribution in [0.1, 0.15) is 59.3 Å². The lowest BCUT2D eigenvalue weighted by Gasteiger charge is -2.40. The normalized spacial score (nSPS) is 32.1. The van der Waals surface area contributed by atoms with Crippen molar-refractivity contribution in [1.29, 1.82) is 0 Å². The van der Waals surface area contributed by atoms with Crippen LogP contribution in [-0.4, -0.2) is 54.4 Å². The van der Waals surface area contributed by atoms with E-state index < -0.39 is 5.60 Å². The van der Waals surface area contributed by atoms with Gasteiger partial charge in [0, 0.05) is 18.1 Å². The summed E-state index contributed by atoms with van der Waals surface area (Å²) in [6.45, 7) is 9.29. The summed E-state index contributed by atoms with van der Waals surface area (Å²) in [6, 6.07) is 1.31. The highest BCUT2D eigenvalue weighted by molar-refractivity contribution is 5.69. The Hall–Kier alpha value is -0.810. The quantitative estimate of drug-likeness (QED) is 0.838. The van der Waals surface area contributed by atoms with Crippen LogP contribution in [-0.2, 0) is 4.74 Å². The average molecular weight is 323 g/mol. The van der Waals surface area contributed by atoms with Gasteiger partial charge in [0.15, 0.2) is 0 Å². The van der Waals surface area contributed by atoms with Gasteiger partial charge < -0.3 is 20.3 Å². The lowest BCUT2D eigenvalue weighted by molar-refractivity contribution is 0.00454. The van der Waals surface area contributed by atoms with E-state index in [2.05, 4.69) is 10.6 Å². The maximum absolute atomic E-state index is 12.5. The SMILES string of the molecule is CC(C)(C)OC(=O)N1C2CCC1CC(NCC1CCNCC1)C2. The van der Waals surface area contributed by atoms with Gasteiger partial charge in [-0.2, -0.15) is 0 Å². The predicted octanol–water partition coefficient (Wildman–Crippen LogP) is 2.51. The second-order valence-corrected chi connectivity index (χ2v) is 8.54. The molecule has 0 aliphatic carbocycles. The molecule has 2 atom stereocenters. The molecule has 2 bridgehead atoms. The molecule has 3 saturated heterocycles. The van der Waals surface area contributed by atoms with E-state index in [0.29, 0.717) is 18.1 Å². The molecule has 2 N–H and O–H groups in total. The van der Waals surface area contributed by atoms with Crippen molar-refractivity contribution in [3.05, 3.63) is 0 Å². The maximum atomic E-state index is 12.5. The minimum atomic E-state index is -0.402. The Morgan fingerprint density at radius 1 is 1.13 bits per heavy atom. The molecule has 0 aromatic heterocycles. The number of carbonyl (C=O) groups is 1. The number of rotatable bonds is 3. The number of hydrogen-bond acceptors (Lipinski definition) is 4. The molecular formula is C18H33N3O2. The van der Waals surface area contributed by atoms with Crippen LogP contribution in [0.3, 0.4) is 0 Å². The van der Waals surface area contributed by atoms with Crippen molar-refractivity contribution >= 4 is 6.09 Å². The molecule has 0 saturated carbocycles. The lowest BCUT2D eigenvalue weighted by Crippen LogP contribution is -2.53. The second-order valence-electron chi connectivity index (χ2n) is 8.54. The number of fused-ring (bicyclic) bond motifs is 2. The Morgan fingerprint density at radius 3 is 2.30 bits per heavy atom. The highest BCUT2D eigenvalue weighted by Gasteiger charge is 2.44. The van der Waals surface area contributed by atoms with E-state index in [4.69, 9.17) is 4.74 Å². The first-order chi connectivity index (χ1) is 10.9. The summed E-state index contributed by atoms with van der Waals surface area (Å²) >= 11 is 0. The van der Waals surface area contributed by atoms with Crippen LogP contribution in [0.15, 0.2) is 0 Å². The zero-order valence-electron chi connectivity index (χ0n) is 14.9. The zero-order valence-corrected chi connectivity index (χ0v) is 14.9. The first-order valence-electron chi connectivity index (χ1n) is 9.38. The minimum Gasteiger partial charge on any atom is -0.444 e. The Labute approximate surface area is 140 Å². The van der Waals surface area contributed by atoms with Crippen molar-refractivity contribution in [2.24, 2.45) is 5.92 Å². The van der Waals surface area contributed by atoms with Crippen molar-refractivity contribution in [3.8, 4) is 0 Å². The molecule has 1 amide bonds. The van der Waals surface area contributed by atoms with Crippen LogP contribution in [0, 0.1) is 5.92 Å². The largest absolute Gasteiger partial charge is 0.444 e. The van der Waals surface area contributed by atoms with E-state index >= 15 is 0 Å². The summed E-state index contributed by atoms with van der Waals surface area (Å²) in [5, 5.41) is 7.22. The van der Waals surface area contributed by atoms with Crippen LogP contribution in [0.4, 0.5) is 4.79 Å². The molecule has 0 aromatic carbocycles. The van der Waals surface area contributed by atoms with Gasteiger partial charge in [0.05, 0.1) is 0 Å². The van der Waals surface area contributed by atoms with Crippen LogP contribution >= 0.6 is 0 Å². The van der Waals surface area contributed by atoms with Crippen LogP contribution < -0.4 is 10.6 Å². The zero-order chi connectivity index (χ0) is 16.4. The maximum Gasteiger partial charge on any atom is 0.410 e. The standard InChI is InChI=1S/C18H33N3O2/c1-18(2,3)23-17(22)21-15-4-5-16(21)11-14(10-15)20-12-13-6-8-19-9-7-13/h13-16,19-20H,4-12H2,1-3H3. The van der Waals surface area contributed by atoms with Crippen molar-refractivity contribution in [2.45, 2.75) is 83.0 Å². The summed E-state index contributed by atoms with van der Waals surface area (Å²) in [4.78, 5) is 14.5. The van der Waals surface area contributed by atoms with Crippen molar-refractivity contribution in [3.63, 3.8) is 0 Å². The summed E-state index contributed by atoms with van der Waals surface area (Å²) in [5.41, 5.74) is -0.402. The Balaban J connectivity index is 1.49. The van der Waals surface area contributed by atoms with Gasteiger partial charge in [0.25, 0.3) is 0 Å². The molecular weight excluding hydrogens is 290 g/mol. The third kappa shape index (κ3) is 4.38. The topological polar surface area (TPSA) is 53.6 Å². The molecule has 0 radical (unpaired) electrons. The average Bonchev–Trinajstić information content (AvgIpc) is 2.76. The summed E-state index contributed by atoms with van der Waals surface area (Å²) in [5.74, 6) is 0.817. The van der Waals surface area contributed by atoms with Gasteiger partial charge in [-0.05, 0) is 84.8 Å². The number of nitrogens with one attached hydrogen (secondary N) is 2. The molecule has 5 heteroatoms. The molecule has 3 heterocycles. The third-order valence-corrected chi connectivity index (χ3v) is 5.49. The van der Waals surface area contributed by atoms with Gasteiger partial charge in [0.1, 0.15) is 5.60 Å². The molecule has 3 rings (SSSR count). The van der Waals surface area contributed by atoms with E-state index in [-0.39, 0.29) is 6.09 Å². The molecule has 0 spiro atoms. The highest BCUT2D eigenvalue weighted by atomic mass is 16.6. The number of carbonyl (C=O) groups excluding carboxylic acids is 1. The number of ether oxygens (including phenoxy) is 1. The molecule has 2 unspecified atom stereocenters. The van der Waals surface area contributed by atoms with Crippen LogP contribution in [0.2, 0.25) is 0 Å². The molecule has 0 aromatic rings. The van der Waals surface area contributed by atoms with E-state index in [9.17, 15) is 4.79 Å². The smallest absolute Gasteiger partial charge is 0.410 e. The number of piperidine rings is 2. The summed E-state index contributed by atoms with van der Waals surface area (Å²) in [6.07, 6.45) is 6.90. The molecule has 3 aliphatic heterocycles. The first kappa shape index (κ1) is 17.0. The first-order valence-corrected chi connectivity index (χ1v) is 9.38. The molecule has 23 heavy (non-hydrogen) atoms. The van der Waals surface area contributed by atoms with Crippen molar-refractivity contribution in [2.75, 3.05) is 19.6 Å². The van der Waals surface area contributed by atoms with Gasteiger partial charge in [-0.25, -0.2) is 4.79 Å². The van der Waals surface area contributed by atoms with Gasteiger partial charge >= 0.3 is 6.09 Å².